The predicted octanol–water partition coefficient (Wildman–Crippen LogP) is 4.92. The van der Waals surface area contributed by atoms with Crippen LogP contribution in [-0.4, -0.2) is 38.9 Å². The van der Waals surface area contributed by atoms with Crippen molar-refractivity contribution < 1.29 is 31.4 Å². The van der Waals surface area contributed by atoms with Gasteiger partial charge in [0.1, 0.15) is 5.82 Å². The number of hydrogen-bond acceptors (Lipinski definition) is 3. The van der Waals surface area contributed by atoms with Crippen molar-refractivity contribution in [1.29, 1.82) is 0 Å². The first kappa shape index (κ1) is 19.5. The first-order chi connectivity index (χ1) is 10.8. The molecule has 1 atom stereocenters. The average molecular weight is 413 g/mol. The normalized spacial score (nSPS) is 15.7. The first-order valence-corrected chi connectivity index (χ1v) is 8.03. The monoisotopic (exact) mass is 412 g/mol. The van der Waals surface area contributed by atoms with Gasteiger partial charge >= 0.3 is 12.4 Å². The second-order valence-electron chi connectivity index (χ2n) is 4.83. The Balaban J connectivity index is 2.41. The van der Waals surface area contributed by atoms with E-state index >= 15 is 0 Å². The van der Waals surface area contributed by atoms with E-state index in [1.807, 2.05) is 0 Å². The Morgan fingerprint density at radius 1 is 1.04 bits per heavy atom. The quantitative estimate of drug-likeness (QED) is 0.701. The number of thioether (sulfide) groups is 1. The summed E-state index contributed by atoms with van der Waals surface area (Å²) < 4.78 is 76.2. The van der Waals surface area contributed by atoms with Crippen molar-refractivity contribution >= 4 is 46.0 Å². The van der Waals surface area contributed by atoms with Gasteiger partial charge in [-0.2, -0.15) is 26.3 Å². The second-order valence-corrected chi connectivity index (χ2v) is 6.63. The number of benzene rings is 1. The van der Waals surface area contributed by atoms with Crippen molar-refractivity contribution in [2.75, 3.05) is 11.5 Å². The van der Waals surface area contributed by atoms with Crippen LogP contribution in [0, 0.1) is 0 Å². The molecule has 2 aromatic rings. The summed E-state index contributed by atoms with van der Waals surface area (Å²) in [6.07, 6.45) is -9.90. The van der Waals surface area contributed by atoms with Crippen molar-refractivity contribution in [2.24, 2.45) is 0 Å². The Hall–Kier alpha value is -0.840. The van der Waals surface area contributed by atoms with Gasteiger partial charge in [0.2, 0.25) is 5.60 Å². The molecule has 1 heterocycles. The molecule has 1 aromatic carbocycles. The summed E-state index contributed by atoms with van der Waals surface area (Å²) in [6, 6.07) is 2.38. The largest absolute Gasteiger partial charge is 0.425 e. The molecule has 0 spiro atoms. The molecule has 1 aromatic heterocycles. The second kappa shape index (κ2) is 6.47. The number of aromatic nitrogens is 2. The molecule has 0 amide bonds. The van der Waals surface area contributed by atoms with E-state index < -0.39 is 35.3 Å². The highest BCUT2D eigenvalue weighted by Crippen LogP contribution is 2.42. The van der Waals surface area contributed by atoms with Crippen LogP contribution in [0.1, 0.15) is 5.82 Å². The Labute approximate surface area is 145 Å². The smallest absolute Gasteiger partial charge is 0.373 e. The van der Waals surface area contributed by atoms with Crippen molar-refractivity contribution in [3.63, 3.8) is 0 Å². The average Bonchev–Trinajstić information content (AvgIpc) is 2.79. The number of aromatic amines is 1. The Kier molecular flexibility index (Phi) is 5.25. The van der Waals surface area contributed by atoms with E-state index in [-0.39, 0.29) is 32.8 Å². The summed E-state index contributed by atoms with van der Waals surface area (Å²) in [5.41, 5.74) is -3.54. The standard InChI is InChI=1S/C12H8Cl2F6N2OS/c13-5-1-7-8(2-6(5)14)22-9(21-7)10(23,12(18,19)20)3-24-4-11(15,16)17/h1-2,23H,3-4H2,(H,21,22). The summed E-state index contributed by atoms with van der Waals surface area (Å²) in [7, 11) is 0. The molecule has 0 fully saturated rings. The number of fused-ring (bicyclic) bond motifs is 1. The molecule has 1 unspecified atom stereocenters. The predicted molar refractivity (Wildman–Crippen MR) is 79.4 cm³/mol. The summed E-state index contributed by atoms with van der Waals surface area (Å²) >= 11 is 11.4. The first-order valence-electron chi connectivity index (χ1n) is 6.12. The molecule has 0 saturated heterocycles. The molecule has 3 nitrogen and oxygen atoms in total. The zero-order valence-electron chi connectivity index (χ0n) is 11.4. The minimum absolute atomic E-state index is 0.0112. The number of alkyl halides is 6. The molecular weight excluding hydrogens is 405 g/mol. The lowest BCUT2D eigenvalue weighted by molar-refractivity contribution is -0.259. The Bertz CT molecular complexity index is 708. The van der Waals surface area contributed by atoms with E-state index in [1.165, 1.54) is 12.1 Å². The molecule has 0 bridgehead atoms. The molecule has 2 rings (SSSR count). The number of halogens is 8. The van der Waals surface area contributed by atoms with E-state index in [9.17, 15) is 31.4 Å². The highest BCUT2D eigenvalue weighted by molar-refractivity contribution is 7.99. The zero-order valence-corrected chi connectivity index (χ0v) is 13.7. The zero-order chi connectivity index (χ0) is 18.3. The molecule has 0 aliphatic rings. The fraction of sp³-hybridized carbons (Fsp3) is 0.417. The van der Waals surface area contributed by atoms with Gasteiger partial charge in [-0.1, -0.05) is 23.2 Å². The van der Waals surface area contributed by atoms with Crippen LogP contribution >= 0.6 is 35.0 Å². The lowest BCUT2D eigenvalue weighted by atomic mass is 10.1. The highest BCUT2D eigenvalue weighted by Gasteiger charge is 2.57. The molecule has 0 aliphatic heterocycles. The van der Waals surface area contributed by atoms with Crippen molar-refractivity contribution in [1.82, 2.24) is 9.97 Å². The van der Waals surface area contributed by atoms with E-state index in [4.69, 9.17) is 23.2 Å². The van der Waals surface area contributed by atoms with Crippen molar-refractivity contribution in [3.05, 3.63) is 28.0 Å². The molecule has 2 N–H and O–H groups in total. The van der Waals surface area contributed by atoms with Crippen LogP contribution in [0.2, 0.25) is 10.0 Å². The molecule has 0 saturated carbocycles. The number of aliphatic hydroxyl groups is 1. The maximum Gasteiger partial charge on any atom is 0.425 e. The maximum atomic E-state index is 13.2. The van der Waals surface area contributed by atoms with E-state index in [1.54, 1.807) is 0 Å². The lowest BCUT2D eigenvalue weighted by Crippen LogP contribution is -2.45. The van der Waals surface area contributed by atoms with Crippen LogP contribution < -0.4 is 0 Å². The van der Waals surface area contributed by atoms with Gasteiger partial charge in [0, 0.05) is 5.75 Å². The van der Waals surface area contributed by atoms with Gasteiger partial charge in [-0.3, -0.25) is 0 Å². The van der Waals surface area contributed by atoms with E-state index in [0.29, 0.717) is 0 Å². The van der Waals surface area contributed by atoms with Crippen LogP contribution in [0.25, 0.3) is 11.0 Å². The molecule has 24 heavy (non-hydrogen) atoms. The Morgan fingerprint density at radius 3 is 2.17 bits per heavy atom. The fourth-order valence-corrected chi connectivity index (χ4v) is 3.05. The number of hydrogen-bond donors (Lipinski definition) is 2. The SMILES string of the molecule is OC(CSCC(F)(F)F)(c1nc2cc(Cl)c(Cl)cc2[nH]1)C(F)(F)F. The van der Waals surface area contributed by atoms with Gasteiger partial charge in [-0.25, -0.2) is 4.98 Å². The topological polar surface area (TPSA) is 48.9 Å². The van der Waals surface area contributed by atoms with Gasteiger partial charge in [-0.15, -0.1) is 11.8 Å². The number of nitrogens with zero attached hydrogens (tertiary/aromatic N) is 1. The number of nitrogens with one attached hydrogen (secondary N) is 1. The van der Waals surface area contributed by atoms with Crippen LogP contribution in [0.5, 0.6) is 0 Å². The third kappa shape index (κ3) is 4.04. The summed E-state index contributed by atoms with van der Waals surface area (Å²) in [5.74, 6) is -3.75. The van der Waals surface area contributed by atoms with Gasteiger partial charge in [0.15, 0.2) is 0 Å². The van der Waals surface area contributed by atoms with Crippen molar-refractivity contribution in [2.45, 2.75) is 18.0 Å². The molecular formula is C12H8Cl2F6N2OS. The molecule has 134 valence electrons. The number of H-pyrrole nitrogens is 1. The number of imidazole rings is 1. The fourth-order valence-electron chi connectivity index (χ4n) is 1.80. The van der Waals surface area contributed by atoms with Crippen LogP contribution in [-0.2, 0) is 5.60 Å². The number of rotatable bonds is 4. The van der Waals surface area contributed by atoms with E-state index in [2.05, 4.69) is 9.97 Å². The van der Waals surface area contributed by atoms with Gasteiger partial charge in [-0.05, 0) is 12.1 Å². The molecule has 12 heteroatoms. The van der Waals surface area contributed by atoms with Gasteiger partial charge < -0.3 is 10.1 Å². The molecule has 0 aliphatic carbocycles. The molecule has 0 radical (unpaired) electrons. The van der Waals surface area contributed by atoms with Gasteiger partial charge in [0.25, 0.3) is 0 Å². The third-order valence-electron chi connectivity index (χ3n) is 2.96. The maximum absolute atomic E-state index is 13.2. The van der Waals surface area contributed by atoms with Crippen LogP contribution in [0.4, 0.5) is 26.3 Å². The van der Waals surface area contributed by atoms with E-state index in [0.717, 1.165) is 0 Å². The minimum Gasteiger partial charge on any atom is -0.373 e. The highest BCUT2D eigenvalue weighted by atomic mass is 35.5. The van der Waals surface area contributed by atoms with Crippen LogP contribution in [0.15, 0.2) is 12.1 Å². The summed E-state index contributed by atoms with van der Waals surface area (Å²) in [5, 5.41) is 10.1. The lowest BCUT2D eigenvalue weighted by Gasteiger charge is -2.28. The third-order valence-corrected chi connectivity index (χ3v) is 4.84. The van der Waals surface area contributed by atoms with Gasteiger partial charge in [0.05, 0.1) is 26.8 Å². The summed E-state index contributed by atoms with van der Waals surface area (Å²) in [6.45, 7) is 0. The van der Waals surface area contributed by atoms with Crippen molar-refractivity contribution in [3.8, 4) is 0 Å². The summed E-state index contributed by atoms with van der Waals surface area (Å²) in [4.78, 5) is 5.84. The minimum atomic E-state index is -5.24. The van der Waals surface area contributed by atoms with Crippen LogP contribution in [0.3, 0.4) is 0 Å². The Morgan fingerprint density at radius 2 is 1.62 bits per heavy atom.